The van der Waals surface area contributed by atoms with Crippen molar-refractivity contribution in [2.75, 3.05) is 20.7 Å². The highest BCUT2D eigenvalue weighted by atomic mass is 16.5. The monoisotopic (exact) mass is 249 g/mol. The molecule has 0 amide bonds. The lowest BCUT2D eigenvalue weighted by Gasteiger charge is -2.15. The van der Waals surface area contributed by atoms with Gasteiger partial charge in [-0.25, -0.2) is 0 Å². The second-order valence-electron chi connectivity index (χ2n) is 4.67. The van der Waals surface area contributed by atoms with E-state index < -0.39 is 0 Å². The Hall–Kier alpha value is -1.35. The van der Waals surface area contributed by atoms with Gasteiger partial charge in [0.1, 0.15) is 5.75 Å². The molecule has 0 spiro atoms. The number of aryl methyl sites for hydroxylation is 2. The number of hydrogen-bond donors (Lipinski definition) is 1. The van der Waals surface area contributed by atoms with Crippen molar-refractivity contribution in [3.63, 3.8) is 0 Å². The summed E-state index contributed by atoms with van der Waals surface area (Å²) in [5.74, 6) is 0.907. The molecule has 1 rings (SSSR count). The Morgan fingerprint density at radius 2 is 1.94 bits per heavy atom. The molecule has 0 fully saturated rings. The largest absolute Gasteiger partial charge is 0.496 e. The standard InChI is InChI=1S/C15H23NO2/c1-10-9-11(2)14(15(18-5)12(10)3)13(17)7-6-8-16-4/h9,16H,6-8H2,1-5H3. The lowest BCUT2D eigenvalue weighted by molar-refractivity contribution is 0.0976. The number of rotatable bonds is 6. The molecule has 0 heterocycles. The van der Waals surface area contributed by atoms with Crippen LogP contribution < -0.4 is 10.1 Å². The number of ketones is 1. The quantitative estimate of drug-likeness (QED) is 0.622. The number of methoxy groups -OCH3 is 1. The Morgan fingerprint density at radius 1 is 1.28 bits per heavy atom. The summed E-state index contributed by atoms with van der Waals surface area (Å²) in [4.78, 5) is 12.3. The fraction of sp³-hybridized carbons (Fsp3) is 0.533. The van der Waals surface area contributed by atoms with Gasteiger partial charge in [0.05, 0.1) is 12.7 Å². The van der Waals surface area contributed by atoms with Crippen LogP contribution in [0.3, 0.4) is 0 Å². The average molecular weight is 249 g/mol. The van der Waals surface area contributed by atoms with Crippen molar-refractivity contribution >= 4 is 5.78 Å². The van der Waals surface area contributed by atoms with Crippen LogP contribution in [0.1, 0.15) is 39.9 Å². The molecule has 0 aliphatic heterocycles. The number of carbonyl (C=O) groups excluding carboxylic acids is 1. The van der Waals surface area contributed by atoms with Crippen LogP contribution in [0.25, 0.3) is 0 Å². The minimum atomic E-state index is 0.169. The van der Waals surface area contributed by atoms with E-state index >= 15 is 0 Å². The summed E-state index contributed by atoms with van der Waals surface area (Å²) in [6.45, 7) is 6.87. The molecule has 1 aromatic rings. The first-order valence-electron chi connectivity index (χ1n) is 6.35. The zero-order chi connectivity index (χ0) is 13.7. The minimum Gasteiger partial charge on any atom is -0.496 e. The van der Waals surface area contributed by atoms with Crippen LogP contribution in [0.5, 0.6) is 5.75 Å². The van der Waals surface area contributed by atoms with Gasteiger partial charge in [0.2, 0.25) is 0 Å². The Labute approximate surface area is 110 Å². The van der Waals surface area contributed by atoms with Crippen molar-refractivity contribution in [2.45, 2.75) is 33.6 Å². The van der Waals surface area contributed by atoms with Gasteiger partial charge in [-0.15, -0.1) is 0 Å². The smallest absolute Gasteiger partial charge is 0.166 e. The van der Waals surface area contributed by atoms with E-state index in [9.17, 15) is 4.79 Å². The highest BCUT2D eigenvalue weighted by molar-refractivity contribution is 6.00. The molecule has 0 radical (unpaired) electrons. The Kier molecular flexibility index (Phi) is 5.35. The van der Waals surface area contributed by atoms with E-state index in [-0.39, 0.29) is 5.78 Å². The van der Waals surface area contributed by atoms with Crippen LogP contribution in [0, 0.1) is 20.8 Å². The number of hydrogen-bond acceptors (Lipinski definition) is 3. The molecule has 100 valence electrons. The predicted molar refractivity (Wildman–Crippen MR) is 74.7 cm³/mol. The summed E-state index contributed by atoms with van der Waals surface area (Å²) < 4.78 is 5.43. The number of Topliss-reactive ketones (excluding diaryl/α,β-unsaturated/α-hetero) is 1. The van der Waals surface area contributed by atoms with E-state index in [0.717, 1.165) is 41.0 Å². The van der Waals surface area contributed by atoms with Crippen molar-refractivity contribution < 1.29 is 9.53 Å². The Balaban J connectivity index is 3.07. The third-order valence-electron chi connectivity index (χ3n) is 3.30. The number of nitrogens with one attached hydrogen (secondary N) is 1. The van der Waals surface area contributed by atoms with Crippen molar-refractivity contribution in [2.24, 2.45) is 0 Å². The Bertz CT molecular complexity index is 439. The van der Waals surface area contributed by atoms with Gasteiger partial charge < -0.3 is 10.1 Å². The van der Waals surface area contributed by atoms with E-state index in [1.54, 1.807) is 7.11 Å². The van der Waals surface area contributed by atoms with Gasteiger partial charge in [-0.3, -0.25) is 4.79 Å². The average Bonchev–Trinajstić information content (AvgIpc) is 2.33. The molecule has 0 aliphatic carbocycles. The fourth-order valence-corrected chi connectivity index (χ4v) is 2.20. The van der Waals surface area contributed by atoms with Crippen LogP contribution in [-0.2, 0) is 0 Å². The lowest BCUT2D eigenvalue weighted by atomic mass is 9.94. The maximum atomic E-state index is 12.3. The van der Waals surface area contributed by atoms with E-state index in [4.69, 9.17) is 4.74 Å². The first kappa shape index (κ1) is 14.7. The van der Waals surface area contributed by atoms with Gasteiger partial charge in [0.15, 0.2) is 5.78 Å². The topological polar surface area (TPSA) is 38.3 Å². The summed E-state index contributed by atoms with van der Waals surface area (Å²) in [5.41, 5.74) is 3.97. The van der Waals surface area contributed by atoms with E-state index in [1.165, 1.54) is 0 Å². The maximum absolute atomic E-state index is 12.3. The van der Waals surface area contributed by atoms with Crippen molar-refractivity contribution in [3.8, 4) is 5.75 Å². The fourth-order valence-electron chi connectivity index (χ4n) is 2.20. The molecule has 0 atom stereocenters. The molecule has 0 saturated carbocycles. The second kappa shape index (κ2) is 6.55. The van der Waals surface area contributed by atoms with Gasteiger partial charge in [-0.2, -0.15) is 0 Å². The zero-order valence-corrected chi connectivity index (χ0v) is 12.0. The van der Waals surface area contributed by atoms with Crippen molar-refractivity contribution in [1.82, 2.24) is 5.32 Å². The summed E-state index contributed by atoms with van der Waals surface area (Å²) >= 11 is 0. The molecule has 0 bridgehead atoms. The van der Waals surface area contributed by atoms with E-state index in [1.807, 2.05) is 27.8 Å². The third kappa shape index (κ3) is 3.10. The van der Waals surface area contributed by atoms with Crippen LogP contribution in [-0.4, -0.2) is 26.5 Å². The molecule has 3 nitrogen and oxygen atoms in total. The predicted octanol–water partition coefficient (Wildman–Crippen LogP) is 2.80. The van der Waals surface area contributed by atoms with Gasteiger partial charge in [-0.05, 0) is 57.5 Å². The third-order valence-corrected chi connectivity index (χ3v) is 3.30. The second-order valence-corrected chi connectivity index (χ2v) is 4.67. The van der Waals surface area contributed by atoms with Crippen LogP contribution in [0.15, 0.2) is 6.07 Å². The summed E-state index contributed by atoms with van der Waals surface area (Å²) in [5, 5.41) is 3.05. The maximum Gasteiger partial charge on any atom is 0.166 e. The van der Waals surface area contributed by atoms with Crippen LogP contribution in [0.4, 0.5) is 0 Å². The summed E-state index contributed by atoms with van der Waals surface area (Å²) in [7, 11) is 3.53. The lowest BCUT2D eigenvalue weighted by Crippen LogP contribution is -2.12. The van der Waals surface area contributed by atoms with Gasteiger partial charge in [-0.1, -0.05) is 6.07 Å². The van der Waals surface area contributed by atoms with Crippen LogP contribution >= 0.6 is 0 Å². The van der Waals surface area contributed by atoms with Gasteiger partial charge in [0, 0.05) is 6.42 Å². The summed E-state index contributed by atoms with van der Waals surface area (Å²) in [6, 6.07) is 2.06. The molecule has 0 aliphatic rings. The molecule has 0 unspecified atom stereocenters. The number of carbonyl (C=O) groups is 1. The summed E-state index contributed by atoms with van der Waals surface area (Å²) in [6.07, 6.45) is 1.41. The SMILES string of the molecule is CNCCCC(=O)c1c(C)cc(C)c(C)c1OC. The Morgan fingerprint density at radius 3 is 2.50 bits per heavy atom. The van der Waals surface area contributed by atoms with Crippen LogP contribution in [0.2, 0.25) is 0 Å². The molecule has 3 heteroatoms. The molecular weight excluding hydrogens is 226 g/mol. The highest BCUT2D eigenvalue weighted by Gasteiger charge is 2.18. The highest BCUT2D eigenvalue weighted by Crippen LogP contribution is 2.30. The minimum absolute atomic E-state index is 0.169. The van der Waals surface area contributed by atoms with Gasteiger partial charge >= 0.3 is 0 Å². The van der Waals surface area contributed by atoms with E-state index in [0.29, 0.717) is 6.42 Å². The number of benzene rings is 1. The first-order chi connectivity index (χ1) is 8.52. The zero-order valence-electron chi connectivity index (χ0n) is 12.0. The molecule has 0 saturated heterocycles. The molecule has 0 aromatic heterocycles. The number of ether oxygens (including phenoxy) is 1. The van der Waals surface area contributed by atoms with Gasteiger partial charge in [0.25, 0.3) is 0 Å². The molecule has 18 heavy (non-hydrogen) atoms. The van der Waals surface area contributed by atoms with Crippen molar-refractivity contribution in [1.29, 1.82) is 0 Å². The molecule has 1 N–H and O–H groups in total. The molecule has 1 aromatic carbocycles. The normalized spacial score (nSPS) is 10.5. The van der Waals surface area contributed by atoms with E-state index in [2.05, 4.69) is 11.4 Å². The molecular formula is C15H23NO2. The van der Waals surface area contributed by atoms with Crippen molar-refractivity contribution in [3.05, 3.63) is 28.3 Å². The first-order valence-corrected chi connectivity index (χ1v) is 6.35.